The van der Waals surface area contributed by atoms with Crippen molar-refractivity contribution in [2.45, 2.75) is 32.6 Å². The summed E-state index contributed by atoms with van der Waals surface area (Å²) >= 11 is 0. The summed E-state index contributed by atoms with van der Waals surface area (Å²) in [5, 5.41) is 0. The van der Waals surface area contributed by atoms with Gasteiger partial charge in [-0.1, -0.05) is 43.7 Å². The molecule has 0 aliphatic carbocycles. The fraction of sp³-hybridized carbons (Fsp3) is 0.455. The topological polar surface area (TPSA) is 0 Å². The van der Waals surface area contributed by atoms with E-state index >= 15 is 0 Å². The van der Waals surface area contributed by atoms with Crippen LogP contribution in [0.2, 0.25) is 0 Å². The van der Waals surface area contributed by atoms with Gasteiger partial charge >= 0.3 is 0 Å². The second-order valence-corrected chi connectivity index (χ2v) is 2.49. The zero-order chi connectivity index (χ0) is 8.36. The highest BCUT2D eigenvalue weighted by Gasteiger charge is 1.72. The number of unbranched alkanes of at least 4 members (excludes halogenated alkanes) is 1. The highest BCUT2D eigenvalue weighted by Crippen LogP contribution is 1.93. The van der Waals surface area contributed by atoms with Crippen molar-refractivity contribution in [2.24, 2.45) is 0 Å². The van der Waals surface area contributed by atoms with Gasteiger partial charge in [0, 0.05) is 0 Å². The molecule has 0 heterocycles. The third-order valence-corrected chi connectivity index (χ3v) is 1.36. The summed E-state index contributed by atoms with van der Waals surface area (Å²) in [6, 6.07) is 0. The first kappa shape index (κ1) is 10.2. The molecule has 0 radical (unpaired) electrons. The van der Waals surface area contributed by atoms with Crippen LogP contribution in [0.4, 0.5) is 0 Å². The zero-order valence-corrected chi connectivity index (χ0v) is 7.42. The van der Waals surface area contributed by atoms with Crippen LogP contribution in [0.1, 0.15) is 32.6 Å². The van der Waals surface area contributed by atoms with Gasteiger partial charge in [-0.15, -0.1) is 6.58 Å². The van der Waals surface area contributed by atoms with Crippen LogP contribution < -0.4 is 0 Å². The highest BCUT2D eigenvalue weighted by atomic mass is 13.8. The van der Waals surface area contributed by atoms with E-state index in [1.54, 1.807) is 0 Å². The molecule has 0 aromatic rings. The molecule has 0 saturated carbocycles. The molecular weight excluding hydrogens is 132 g/mol. The molecule has 0 aliphatic heterocycles. The molecule has 0 atom stereocenters. The summed E-state index contributed by atoms with van der Waals surface area (Å²) < 4.78 is 0. The highest BCUT2D eigenvalue weighted by molar-refractivity contribution is 4.95. The van der Waals surface area contributed by atoms with E-state index in [0.717, 1.165) is 12.8 Å². The largest absolute Gasteiger partial charge is 0.103 e. The van der Waals surface area contributed by atoms with Crippen LogP contribution in [0.15, 0.2) is 37.0 Å². The number of hydrogen-bond acceptors (Lipinski definition) is 0. The Bertz CT molecular complexity index is 129. The third kappa shape index (κ3) is 9.22. The van der Waals surface area contributed by atoms with Crippen LogP contribution in [0.25, 0.3) is 0 Å². The lowest BCUT2D eigenvalue weighted by atomic mass is 10.2. The van der Waals surface area contributed by atoms with Crippen LogP contribution in [-0.4, -0.2) is 0 Å². The monoisotopic (exact) mass is 150 g/mol. The molecule has 62 valence electrons. The molecule has 0 spiro atoms. The molecule has 0 bridgehead atoms. The van der Waals surface area contributed by atoms with E-state index in [1.165, 1.54) is 12.8 Å². The molecule has 0 heteroatoms. The minimum Gasteiger partial charge on any atom is -0.103 e. The zero-order valence-electron chi connectivity index (χ0n) is 7.42. The lowest BCUT2D eigenvalue weighted by molar-refractivity contribution is 0.954. The van der Waals surface area contributed by atoms with Gasteiger partial charge in [-0.05, 0) is 19.3 Å². The Balaban J connectivity index is 3.17. The average molecular weight is 150 g/mol. The van der Waals surface area contributed by atoms with Gasteiger partial charge in [-0.2, -0.15) is 0 Å². The van der Waals surface area contributed by atoms with Gasteiger partial charge in [-0.3, -0.25) is 0 Å². The minimum atomic E-state index is 0.988. The first-order chi connectivity index (χ1) is 5.41. The van der Waals surface area contributed by atoms with Gasteiger partial charge in [0.2, 0.25) is 0 Å². The molecule has 0 unspecified atom stereocenters. The van der Waals surface area contributed by atoms with Crippen molar-refractivity contribution in [1.29, 1.82) is 0 Å². The van der Waals surface area contributed by atoms with Crippen LogP contribution >= 0.6 is 0 Å². The molecule has 0 aliphatic rings. The number of allylic oxidation sites excluding steroid dienone is 5. The Morgan fingerprint density at radius 2 is 1.64 bits per heavy atom. The predicted octanol–water partition coefficient (Wildman–Crippen LogP) is 3.87. The lowest BCUT2D eigenvalue weighted by Gasteiger charge is -1.83. The molecule has 0 rings (SSSR count). The van der Waals surface area contributed by atoms with Gasteiger partial charge in [0.1, 0.15) is 0 Å². The van der Waals surface area contributed by atoms with Crippen molar-refractivity contribution in [3.8, 4) is 0 Å². The van der Waals surface area contributed by atoms with Crippen molar-refractivity contribution in [3.05, 3.63) is 37.0 Å². The van der Waals surface area contributed by atoms with E-state index < -0.39 is 0 Å². The Labute approximate surface area is 70.3 Å². The van der Waals surface area contributed by atoms with Crippen LogP contribution in [-0.2, 0) is 0 Å². The van der Waals surface area contributed by atoms with E-state index in [9.17, 15) is 0 Å². The Kier molecular flexibility index (Phi) is 8.57. The van der Waals surface area contributed by atoms with Crippen molar-refractivity contribution in [3.63, 3.8) is 0 Å². The van der Waals surface area contributed by atoms with Gasteiger partial charge in [-0.25, -0.2) is 0 Å². The number of hydrogen-bond donors (Lipinski definition) is 0. The van der Waals surface area contributed by atoms with Gasteiger partial charge in [0.05, 0.1) is 0 Å². The van der Waals surface area contributed by atoms with Crippen LogP contribution in [0.5, 0.6) is 0 Å². The fourth-order valence-corrected chi connectivity index (χ4v) is 0.748. The molecular formula is C11H18. The van der Waals surface area contributed by atoms with E-state index in [2.05, 4.69) is 37.8 Å². The number of rotatable bonds is 6. The molecule has 0 saturated heterocycles. The third-order valence-electron chi connectivity index (χ3n) is 1.36. The molecule has 0 amide bonds. The lowest BCUT2D eigenvalue weighted by Crippen LogP contribution is -1.62. The van der Waals surface area contributed by atoms with E-state index in [4.69, 9.17) is 0 Å². The molecule has 0 N–H and O–H groups in total. The average Bonchev–Trinajstić information content (AvgIpc) is 2.03. The van der Waals surface area contributed by atoms with E-state index in [-0.39, 0.29) is 0 Å². The van der Waals surface area contributed by atoms with Gasteiger partial charge in [0.15, 0.2) is 0 Å². The van der Waals surface area contributed by atoms with Gasteiger partial charge in [0.25, 0.3) is 0 Å². The van der Waals surface area contributed by atoms with Crippen molar-refractivity contribution in [1.82, 2.24) is 0 Å². The first-order valence-corrected chi connectivity index (χ1v) is 4.32. The summed E-state index contributed by atoms with van der Waals surface area (Å²) in [7, 11) is 0. The standard InChI is InChI=1S/C11H18/c1-3-5-7-9-11-10-8-6-4-2/h3,7-10H,1,4-6,11H2,2H3. The van der Waals surface area contributed by atoms with Gasteiger partial charge < -0.3 is 0 Å². The SMILES string of the molecule is C=CCC=CCC=CCCC. The first-order valence-electron chi connectivity index (χ1n) is 4.32. The summed E-state index contributed by atoms with van der Waals surface area (Å²) in [4.78, 5) is 0. The Morgan fingerprint density at radius 3 is 2.27 bits per heavy atom. The molecule has 11 heavy (non-hydrogen) atoms. The quantitative estimate of drug-likeness (QED) is 0.504. The second kappa shape index (κ2) is 9.22. The van der Waals surface area contributed by atoms with Crippen molar-refractivity contribution < 1.29 is 0 Å². The summed E-state index contributed by atoms with van der Waals surface area (Å²) in [6.45, 7) is 5.83. The fourth-order valence-electron chi connectivity index (χ4n) is 0.748. The second-order valence-electron chi connectivity index (χ2n) is 2.49. The summed E-state index contributed by atoms with van der Waals surface area (Å²) in [5.41, 5.74) is 0. The minimum absolute atomic E-state index is 0.988. The molecule has 0 aromatic carbocycles. The summed E-state index contributed by atoms with van der Waals surface area (Å²) in [5.74, 6) is 0. The van der Waals surface area contributed by atoms with Crippen LogP contribution in [0.3, 0.4) is 0 Å². The smallest absolute Gasteiger partial charge is 0.0169 e. The predicted molar refractivity (Wildman–Crippen MR) is 52.6 cm³/mol. The maximum atomic E-state index is 3.64. The van der Waals surface area contributed by atoms with E-state index in [0.29, 0.717) is 0 Å². The maximum absolute atomic E-state index is 3.64. The maximum Gasteiger partial charge on any atom is -0.0169 e. The summed E-state index contributed by atoms with van der Waals surface area (Å²) in [6.07, 6.45) is 15.2. The molecule has 0 fully saturated rings. The Morgan fingerprint density at radius 1 is 1.00 bits per heavy atom. The van der Waals surface area contributed by atoms with Crippen molar-refractivity contribution >= 4 is 0 Å². The normalized spacial score (nSPS) is 11.4. The molecule has 0 nitrogen and oxygen atoms in total. The van der Waals surface area contributed by atoms with Crippen molar-refractivity contribution in [2.75, 3.05) is 0 Å². The Hall–Kier alpha value is -0.780. The van der Waals surface area contributed by atoms with E-state index in [1.807, 2.05) is 6.08 Å². The molecule has 0 aromatic heterocycles. The van der Waals surface area contributed by atoms with Crippen LogP contribution in [0, 0.1) is 0 Å².